The second kappa shape index (κ2) is 15.3. The fraction of sp³-hybridized carbons (Fsp3) is 0.667. The predicted molar refractivity (Wildman–Crippen MR) is 125 cm³/mol. The van der Waals surface area contributed by atoms with Crippen LogP contribution < -0.4 is 4.57 Å². The Balaban J connectivity index is 1.48. The van der Waals surface area contributed by atoms with Crippen LogP contribution in [0.15, 0.2) is 42.7 Å². The Labute approximate surface area is 180 Å². The molecule has 0 saturated heterocycles. The predicted octanol–water partition coefficient (Wildman–Crippen LogP) is 7.38. The number of rotatable bonds is 17. The van der Waals surface area contributed by atoms with E-state index in [1.807, 2.05) is 0 Å². The number of benzene rings is 1. The summed E-state index contributed by atoms with van der Waals surface area (Å²) in [6.07, 6.45) is 25.5. The molecule has 0 spiro atoms. The number of unbranched alkanes of at least 4 members (excludes halogenated alkanes) is 13. The Bertz CT molecular complexity index is 629. The highest BCUT2D eigenvalue weighted by atomic mass is 15.1. The molecule has 0 atom stereocenters. The monoisotopic (exact) mass is 397 g/mol. The van der Waals surface area contributed by atoms with Crippen LogP contribution in [0.5, 0.6) is 0 Å². The first-order valence-corrected chi connectivity index (χ1v) is 12.4. The summed E-state index contributed by atoms with van der Waals surface area (Å²) in [5.41, 5.74) is 1.38. The molecule has 0 aliphatic heterocycles. The Morgan fingerprint density at radius 2 is 1.21 bits per heavy atom. The summed E-state index contributed by atoms with van der Waals surface area (Å²) in [4.78, 5) is 0. The van der Waals surface area contributed by atoms with Crippen molar-refractivity contribution in [2.75, 3.05) is 0 Å². The molecule has 2 aromatic rings. The van der Waals surface area contributed by atoms with E-state index in [0.717, 1.165) is 6.54 Å². The van der Waals surface area contributed by atoms with Gasteiger partial charge in [-0.2, -0.15) is 0 Å². The van der Waals surface area contributed by atoms with E-state index in [2.05, 4.69) is 65.8 Å². The van der Waals surface area contributed by atoms with Gasteiger partial charge in [-0.05, 0) is 12.0 Å². The standard InChI is InChI=1S/C27H45N2/c1-3-4-5-6-7-8-9-10-11-12-13-14-15-19-22-27-28(2)23-24-29(27)25-26-20-17-16-18-21-26/h16-18,20-21,23-24H,3-15,19,22,25H2,1-2H3/q+1. The molecule has 29 heavy (non-hydrogen) atoms. The fourth-order valence-electron chi connectivity index (χ4n) is 4.28. The van der Waals surface area contributed by atoms with Crippen molar-refractivity contribution in [3.63, 3.8) is 0 Å². The molecule has 2 rings (SSSR count). The maximum Gasteiger partial charge on any atom is 0.256 e. The first-order valence-electron chi connectivity index (χ1n) is 12.4. The molecular weight excluding hydrogens is 352 g/mol. The molecule has 0 unspecified atom stereocenters. The Morgan fingerprint density at radius 1 is 0.690 bits per heavy atom. The number of hydrogen-bond acceptors (Lipinski definition) is 0. The summed E-state index contributed by atoms with van der Waals surface area (Å²) < 4.78 is 4.71. The summed E-state index contributed by atoms with van der Waals surface area (Å²) >= 11 is 0. The smallest absolute Gasteiger partial charge is 0.237 e. The average molecular weight is 398 g/mol. The van der Waals surface area contributed by atoms with E-state index in [0.29, 0.717) is 0 Å². The minimum Gasteiger partial charge on any atom is -0.237 e. The Kier molecular flexibility index (Phi) is 12.5. The van der Waals surface area contributed by atoms with Crippen molar-refractivity contribution in [1.82, 2.24) is 4.57 Å². The van der Waals surface area contributed by atoms with Crippen molar-refractivity contribution in [3.8, 4) is 0 Å². The number of aryl methyl sites for hydroxylation is 1. The summed E-state index contributed by atoms with van der Waals surface area (Å²) in [5.74, 6) is 1.45. The molecular formula is C27H45N2+. The van der Waals surface area contributed by atoms with E-state index >= 15 is 0 Å². The van der Waals surface area contributed by atoms with Gasteiger partial charge in [0.05, 0.1) is 7.05 Å². The van der Waals surface area contributed by atoms with Crippen molar-refractivity contribution in [2.24, 2.45) is 7.05 Å². The van der Waals surface area contributed by atoms with Crippen LogP contribution in [-0.4, -0.2) is 4.57 Å². The molecule has 0 bridgehead atoms. The van der Waals surface area contributed by atoms with E-state index in [4.69, 9.17) is 0 Å². The Morgan fingerprint density at radius 3 is 1.76 bits per heavy atom. The van der Waals surface area contributed by atoms with Crippen LogP contribution in [0.3, 0.4) is 0 Å². The maximum atomic E-state index is 2.41. The van der Waals surface area contributed by atoms with Crippen LogP contribution in [0.25, 0.3) is 0 Å². The highest BCUT2D eigenvalue weighted by Crippen LogP contribution is 2.14. The second-order valence-electron chi connectivity index (χ2n) is 8.78. The van der Waals surface area contributed by atoms with Gasteiger partial charge in [-0.25, -0.2) is 9.13 Å². The molecule has 0 aliphatic rings. The van der Waals surface area contributed by atoms with Gasteiger partial charge in [-0.15, -0.1) is 0 Å². The van der Waals surface area contributed by atoms with Crippen LogP contribution in [0.4, 0.5) is 0 Å². The molecule has 0 aliphatic carbocycles. The number of aromatic nitrogens is 2. The fourth-order valence-corrected chi connectivity index (χ4v) is 4.28. The van der Waals surface area contributed by atoms with Crippen LogP contribution >= 0.6 is 0 Å². The zero-order valence-electron chi connectivity index (χ0n) is 19.2. The van der Waals surface area contributed by atoms with Gasteiger partial charge in [-0.3, -0.25) is 0 Å². The van der Waals surface area contributed by atoms with Crippen molar-refractivity contribution in [3.05, 3.63) is 54.1 Å². The number of imidazole rings is 1. The third-order valence-corrected chi connectivity index (χ3v) is 6.16. The van der Waals surface area contributed by atoms with Gasteiger partial charge < -0.3 is 0 Å². The molecule has 1 aromatic carbocycles. The zero-order valence-corrected chi connectivity index (χ0v) is 19.2. The topological polar surface area (TPSA) is 8.81 Å². The van der Waals surface area contributed by atoms with Crippen molar-refractivity contribution < 1.29 is 4.57 Å². The molecule has 0 amide bonds. The van der Waals surface area contributed by atoms with E-state index in [1.165, 1.54) is 108 Å². The van der Waals surface area contributed by atoms with Crippen LogP contribution in [0.2, 0.25) is 0 Å². The summed E-state index contributed by atoms with van der Waals surface area (Å²) in [6.45, 7) is 3.28. The SMILES string of the molecule is CCCCCCCCCCCCCCCCc1n(Cc2ccccc2)cc[n+]1C. The zero-order chi connectivity index (χ0) is 20.6. The minimum atomic E-state index is 0.982. The second-order valence-corrected chi connectivity index (χ2v) is 8.78. The van der Waals surface area contributed by atoms with Gasteiger partial charge >= 0.3 is 0 Å². The summed E-state index contributed by atoms with van der Waals surface area (Å²) in [6, 6.07) is 10.8. The van der Waals surface area contributed by atoms with Gasteiger partial charge in [0.2, 0.25) is 0 Å². The first-order chi connectivity index (χ1) is 14.3. The first kappa shape index (κ1) is 23.7. The van der Waals surface area contributed by atoms with E-state index in [-0.39, 0.29) is 0 Å². The highest BCUT2D eigenvalue weighted by Gasteiger charge is 2.14. The average Bonchev–Trinajstić information content (AvgIpc) is 3.08. The van der Waals surface area contributed by atoms with Crippen LogP contribution in [0.1, 0.15) is 108 Å². The van der Waals surface area contributed by atoms with Crippen LogP contribution in [-0.2, 0) is 20.0 Å². The molecule has 1 aromatic heterocycles. The van der Waals surface area contributed by atoms with E-state index in [9.17, 15) is 0 Å². The van der Waals surface area contributed by atoms with Crippen LogP contribution in [0, 0.1) is 0 Å². The van der Waals surface area contributed by atoms with Gasteiger partial charge in [0.1, 0.15) is 18.9 Å². The summed E-state index contributed by atoms with van der Waals surface area (Å²) in [7, 11) is 2.18. The Hall–Kier alpha value is -1.57. The van der Waals surface area contributed by atoms with E-state index < -0.39 is 0 Å². The maximum absolute atomic E-state index is 2.41. The molecule has 0 N–H and O–H groups in total. The molecule has 2 heteroatoms. The molecule has 162 valence electrons. The van der Waals surface area contributed by atoms with Crippen molar-refractivity contribution in [1.29, 1.82) is 0 Å². The molecule has 0 saturated carbocycles. The lowest BCUT2D eigenvalue weighted by Gasteiger charge is -2.05. The van der Waals surface area contributed by atoms with Crippen molar-refractivity contribution >= 4 is 0 Å². The molecule has 0 radical (unpaired) electrons. The van der Waals surface area contributed by atoms with Crippen molar-refractivity contribution in [2.45, 2.75) is 110 Å². The lowest BCUT2D eigenvalue weighted by molar-refractivity contribution is -0.678. The lowest BCUT2D eigenvalue weighted by Crippen LogP contribution is -2.32. The lowest BCUT2D eigenvalue weighted by atomic mass is 10.0. The minimum absolute atomic E-state index is 0.982. The van der Waals surface area contributed by atoms with Gasteiger partial charge in [0.15, 0.2) is 0 Å². The van der Waals surface area contributed by atoms with Gasteiger partial charge in [-0.1, -0.05) is 121 Å². The molecule has 2 nitrogen and oxygen atoms in total. The third-order valence-electron chi connectivity index (χ3n) is 6.16. The van der Waals surface area contributed by atoms with E-state index in [1.54, 1.807) is 0 Å². The highest BCUT2D eigenvalue weighted by molar-refractivity contribution is 5.15. The van der Waals surface area contributed by atoms with Gasteiger partial charge in [0.25, 0.3) is 5.82 Å². The summed E-state index contributed by atoms with van der Waals surface area (Å²) in [5, 5.41) is 0. The normalized spacial score (nSPS) is 11.2. The third kappa shape index (κ3) is 10.1. The molecule has 0 fully saturated rings. The molecule has 1 heterocycles. The van der Waals surface area contributed by atoms with Gasteiger partial charge in [0, 0.05) is 6.42 Å². The number of nitrogens with zero attached hydrogens (tertiary/aromatic N) is 2. The quantitative estimate of drug-likeness (QED) is 0.194. The number of hydrogen-bond donors (Lipinski definition) is 0. The largest absolute Gasteiger partial charge is 0.256 e.